The monoisotopic (exact) mass is 466 g/mol. The van der Waals surface area contributed by atoms with Crippen LogP contribution in [-0.4, -0.2) is 38.9 Å². The van der Waals surface area contributed by atoms with Crippen LogP contribution in [0.4, 0.5) is 5.69 Å². The zero-order valence-corrected chi connectivity index (χ0v) is 19.2. The lowest BCUT2D eigenvalue weighted by Gasteiger charge is -2.15. The number of carbonyl (C=O) groups is 1. The smallest absolute Gasteiger partial charge is 0.272 e. The van der Waals surface area contributed by atoms with Crippen molar-refractivity contribution in [2.75, 3.05) is 17.7 Å². The number of rotatable bonds is 6. The molecule has 0 spiro atoms. The van der Waals surface area contributed by atoms with Gasteiger partial charge in [0.2, 0.25) is 5.91 Å². The van der Waals surface area contributed by atoms with E-state index in [-0.39, 0.29) is 23.3 Å². The van der Waals surface area contributed by atoms with Crippen LogP contribution >= 0.6 is 23.1 Å². The van der Waals surface area contributed by atoms with E-state index >= 15 is 0 Å². The van der Waals surface area contributed by atoms with Crippen molar-refractivity contribution in [2.45, 2.75) is 37.6 Å². The highest BCUT2D eigenvalue weighted by molar-refractivity contribution is 7.99. The molecule has 164 valence electrons. The van der Waals surface area contributed by atoms with Crippen LogP contribution < -0.4 is 10.9 Å². The highest BCUT2D eigenvalue weighted by atomic mass is 32.2. The van der Waals surface area contributed by atoms with Crippen LogP contribution in [0.15, 0.2) is 52.5 Å². The molecule has 1 saturated heterocycles. The molecular formula is C23H22N4O3S2. The van der Waals surface area contributed by atoms with Crippen LogP contribution in [0.5, 0.6) is 0 Å². The molecule has 9 heteroatoms. The van der Waals surface area contributed by atoms with Crippen molar-refractivity contribution >= 4 is 55.1 Å². The summed E-state index contributed by atoms with van der Waals surface area (Å²) in [5.74, 6) is 0.0112. The van der Waals surface area contributed by atoms with Gasteiger partial charge in [-0.25, -0.2) is 9.97 Å². The number of para-hydroxylation sites is 1. The van der Waals surface area contributed by atoms with Gasteiger partial charge in [-0.2, -0.15) is 0 Å². The van der Waals surface area contributed by atoms with E-state index in [2.05, 4.69) is 10.3 Å². The molecule has 1 amide bonds. The molecule has 4 aromatic rings. The Bertz CT molecular complexity index is 1360. The lowest BCUT2D eigenvalue weighted by atomic mass is 10.2. The Morgan fingerprint density at radius 3 is 3.00 bits per heavy atom. The number of anilines is 1. The number of benzene rings is 1. The summed E-state index contributed by atoms with van der Waals surface area (Å²) in [6.07, 6.45) is 3.60. The van der Waals surface area contributed by atoms with Crippen LogP contribution in [0.3, 0.4) is 0 Å². The van der Waals surface area contributed by atoms with E-state index in [9.17, 15) is 9.59 Å². The van der Waals surface area contributed by atoms with Gasteiger partial charge in [-0.15, -0.1) is 11.3 Å². The van der Waals surface area contributed by atoms with E-state index < -0.39 is 0 Å². The Hall–Kier alpha value is -2.75. The predicted molar refractivity (Wildman–Crippen MR) is 129 cm³/mol. The molecule has 1 aromatic carbocycles. The first-order valence-electron chi connectivity index (χ1n) is 10.5. The topological polar surface area (TPSA) is 86.1 Å². The predicted octanol–water partition coefficient (Wildman–Crippen LogP) is 4.22. The van der Waals surface area contributed by atoms with Gasteiger partial charge in [0.25, 0.3) is 5.56 Å². The molecule has 1 fully saturated rings. The second-order valence-corrected chi connectivity index (χ2v) is 9.67. The highest BCUT2D eigenvalue weighted by Gasteiger charge is 2.22. The molecule has 0 saturated carbocycles. The molecule has 1 aliphatic heterocycles. The number of nitrogens with zero attached hydrogens (tertiary/aromatic N) is 3. The summed E-state index contributed by atoms with van der Waals surface area (Å²) < 4.78 is 8.03. The Balaban J connectivity index is 1.48. The van der Waals surface area contributed by atoms with Crippen molar-refractivity contribution < 1.29 is 9.53 Å². The number of carbonyl (C=O) groups excluding carboxylic acids is 1. The van der Waals surface area contributed by atoms with Gasteiger partial charge in [0.15, 0.2) is 5.16 Å². The third-order valence-corrected chi connectivity index (χ3v) is 7.55. The Labute approximate surface area is 192 Å². The largest absolute Gasteiger partial charge is 0.376 e. The van der Waals surface area contributed by atoms with Gasteiger partial charge in [0.05, 0.1) is 23.9 Å². The lowest BCUT2D eigenvalue weighted by molar-refractivity contribution is -0.113. The number of amides is 1. The lowest BCUT2D eigenvalue weighted by Crippen LogP contribution is -2.28. The number of aryl methyl sites for hydroxylation is 1. The van der Waals surface area contributed by atoms with Gasteiger partial charge in [0, 0.05) is 23.9 Å². The van der Waals surface area contributed by atoms with E-state index in [4.69, 9.17) is 9.72 Å². The van der Waals surface area contributed by atoms with Crippen LogP contribution in [0, 0.1) is 6.92 Å². The number of hydrogen-bond donors (Lipinski definition) is 1. The van der Waals surface area contributed by atoms with Crippen molar-refractivity contribution in [1.82, 2.24) is 14.5 Å². The number of pyridine rings is 1. The van der Waals surface area contributed by atoms with Gasteiger partial charge in [-0.1, -0.05) is 30.0 Å². The van der Waals surface area contributed by atoms with Crippen molar-refractivity contribution in [3.8, 4) is 0 Å². The first-order chi connectivity index (χ1) is 15.6. The molecule has 4 heterocycles. The van der Waals surface area contributed by atoms with Crippen molar-refractivity contribution in [3.05, 3.63) is 58.5 Å². The molecule has 32 heavy (non-hydrogen) atoms. The van der Waals surface area contributed by atoms with Gasteiger partial charge >= 0.3 is 0 Å². The summed E-state index contributed by atoms with van der Waals surface area (Å²) in [7, 11) is 0. The molecule has 0 unspecified atom stereocenters. The third kappa shape index (κ3) is 4.15. The number of fused-ring (bicyclic) bond motifs is 3. The van der Waals surface area contributed by atoms with Crippen LogP contribution in [-0.2, 0) is 16.1 Å². The molecule has 0 bridgehead atoms. The fraction of sp³-hybridized carbons (Fsp3) is 0.304. The van der Waals surface area contributed by atoms with Crippen molar-refractivity contribution in [2.24, 2.45) is 0 Å². The van der Waals surface area contributed by atoms with Gasteiger partial charge < -0.3 is 10.1 Å². The third-order valence-electron chi connectivity index (χ3n) is 5.48. The Morgan fingerprint density at radius 1 is 1.31 bits per heavy atom. The van der Waals surface area contributed by atoms with Crippen LogP contribution in [0.2, 0.25) is 0 Å². The average molecular weight is 467 g/mol. The molecular weight excluding hydrogens is 444 g/mol. The summed E-state index contributed by atoms with van der Waals surface area (Å²) in [6.45, 7) is 3.10. The van der Waals surface area contributed by atoms with Crippen molar-refractivity contribution in [3.63, 3.8) is 0 Å². The summed E-state index contributed by atoms with van der Waals surface area (Å²) >= 11 is 2.63. The SMILES string of the molecule is Cc1ccccc1NC(=O)CSc1nc2c(sc3ncccc32)c(=O)n1C[C@@H]1CCCO1. The number of thiophene rings is 1. The normalized spacial score (nSPS) is 16.1. The van der Waals surface area contributed by atoms with Crippen molar-refractivity contribution in [1.29, 1.82) is 0 Å². The van der Waals surface area contributed by atoms with Gasteiger partial charge in [-0.05, 0) is 43.5 Å². The van der Waals surface area contributed by atoms with E-state index in [0.29, 0.717) is 28.5 Å². The second-order valence-electron chi connectivity index (χ2n) is 7.73. The summed E-state index contributed by atoms with van der Waals surface area (Å²) in [4.78, 5) is 36.0. The summed E-state index contributed by atoms with van der Waals surface area (Å²) in [5, 5.41) is 4.33. The zero-order valence-electron chi connectivity index (χ0n) is 17.5. The van der Waals surface area contributed by atoms with E-state index in [1.54, 1.807) is 10.8 Å². The number of thioether (sulfide) groups is 1. The fourth-order valence-electron chi connectivity index (χ4n) is 3.83. The van der Waals surface area contributed by atoms with E-state index in [0.717, 1.165) is 34.3 Å². The minimum Gasteiger partial charge on any atom is -0.376 e. The molecule has 0 radical (unpaired) electrons. The molecule has 7 nitrogen and oxygen atoms in total. The minimum absolute atomic E-state index is 0.0143. The minimum atomic E-state index is -0.140. The maximum atomic E-state index is 13.4. The Kier molecular flexibility index (Phi) is 5.95. The average Bonchev–Trinajstić information content (AvgIpc) is 3.44. The van der Waals surface area contributed by atoms with E-state index in [1.165, 1.54) is 23.1 Å². The molecule has 1 atom stereocenters. The van der Waals surface area contributed by atoms with Crippen LogP contribution in [0.25, 0.3) is 20.4 Å². The molecule has 0 aliphatic carbocycles. The fourth-order valence-corrected chi connectivity index (χ4v) is 5.67. The van der Waals surface area contributed by atoms with Crippen LogP contribution in [0.1, 0.15) is 18.4 Å². The molecule has 1 aliphatic rings. The quantitative estimate of drug-likeness (QED) is 0.338. The number of hydrogen-bond acceptors (Lipinski definition) is 7. The standard InChI is InChI=1S/C23H22N4O3S2/c1-14-6-2-3-9-17(14)25-18(28)13-31-23-26-19-16-8-4-10-24-21(16)32-20(19)22(29)27(23)12-15-7-5-11-30-15/h2-4,6,8-10,15H,5,7,11-13H2,1H3,(H,25,28)/t15-/m0/s1. The summed E-state index contributed by atoms with van der Waals surface area (Å²) in [5.41, 5.74) is 2.33. The number of nitrogens with one attached hydrogen (secondary N) is 1. The Morgan fingerprint density at radius 2 is 2.19 bits per heavy atom. The maximum absolute atomic E-state index is 13.4. The van der Waals surface area contributed by atoms with Gasteiger partial charge in [0.1, 0.15) is 9.53 Å². The zero-order chi connectivity index (χ0) is 22.1. The second kappa shape index (κ2) is 9.01. The molecule has 3 aromatic heterocycles. The molecule has 1 N–H and O–H groups in total. The number of aromatic nitrogens is 3. The maximum Gasteiger partial charge on any atom is 0.272 e. The first-order valence-corrected chi connectivity index (χ1v) is 12.3. The first kappa shape index (κ1) is 21.1. The molecule has 5 rings (SSSR count). The van der Waals surface area contributed by atoms with E-state index in [1.807, 2.05) is 43.3 Å². The van der Waals surface area contributed by atoms with Gasteiger partial charge in [-0.3, -0.25) is 14.2 Å². The summed E-state index contributed by atoms with van der Waals surface area (Å²) in [6, 6.07) is 11.4. The number of ether oxygens (including phenoxy) is 1. The highest BCUT2D eigenvalue weighted by Crippen LogP contribution is 2.31.